The molecule has 2 rings (SSSR count). The first-order valence-electron chi connectivity index (χ1n) is 7.06. The minimum Gasteiger partial charge on any atom is -0.481 e. The van der Waals surface area contributed by atoms with E-state index >= 15 is 0 Å². The lowest BCUT2D eigenvalue weighted by molar-refractivity contribution is -0.143. The zero-order chi connectivity index (χ0) is 15.6. The van der Waals surface area contributed by atoms with Gasteiger partial charge in [-0.2, -0.15) is 17.0 Å². The lowest BCUT2D eigenvalue weighted by Crippen LogP contribution is -2.55. The van der Waals surface area contributed by atoms with Crippen molar-refractivity contribution in [3.63, 3.8) is 0 Å². The molecular weight excluding hydrogens is 298 g/mol. The number of piperazine rings is 1. The van der Waals surface area contributed by atoms with Crippen LogP contribution in [0.1, 0.15) is 19.8 Å². The van der Waals surface area contributed by atoms with Crippen molar-refractivity contribution in [2.24, 2.45) is 5.92 Å². The Hall–Kier alpha value is -1.19. The Kier molecular flexibility index (Phi) is 4.84. The molecular formula is C12H21N3O5S. The van der Waals surface area contributed by atoms with Crippen molar-refractivity contribution >= 4 is 22.1 Å². The van der Waals surface area contributed by atoms with Crippen molar-refractivity contribution in [3.05, 3.63) is 0 Å². The summed E-state index contributed by atoms with van der Waals surface area (Å²) in [5.41, 5.74) is 0. The Labute approximate surface area is 124 Å². The highest BCUT2D eigenvalue weighted by atomic mass is 32.2. The Balaban J connectivity index is 1.94. The maximum Gasteiger partial charge on any atom is 0.306 e. The molecule has 2 saturated heterocycles. The zero-order valence-electron chi connectivity index (χ0n) is 12.1. The van der Waals surface area contributed by atoms with E-state index in [9.17, 15) is 18.0 Å². The van der Waals surface area contributed by atoms with Crippen molar-refractivity contribution < 1.29 is 23.1 Å². The third-order valence-corrected chi connectivity index (χ3v) is 6.18. The summed E-state index contributed by atoms with van der Waals surface area (Å²) >= 11 is 0. The number of rotatable bonds is 3. The van der Waals surface area contributed by atoms with Gasteiger partial charge in [-0.1, -0.05) is 0 Å². The maximum absolute atomic E-state index is 12.5. The second-order valence-electron chi connectivity index (χ2n) is 5.42. The molecule has 8 nitrogen and oxygen atoms in total. The molecule has 2 aliphatic heterocycles. The highest BCUT2D eigenvalue weighted by molar-refractivity contribution is 7.86. The van der Waals surface area contributed by atoms with Gasteiger partial charge in [0.1, 0.15) is 0 Å². The molecule has 0 saturated carbocycles. The summed E-state index contributed by atoms with van der Waals surface area (Å²) in [6.45, 7) is 3.35. The van der Waals surface area contributed by atoms with Crippen LogP contribution in [0.2, 0.25) is 0 Å². The van der Waals surface area contributed by atoms with Gasteiger partial charge < -0.3 is 10.0 Å². The fourth-order valence-electron chi connectivity index (χ4n) is 2.73. The van der Waals surface area contributed by atoms with Crippen molar-refractivity contribution in [2.75, 3.05) is 39.3 Å². The summed E-state index contributed by atoms with van der Waals surface area (Å²) in [7, 11) is -3.55. The maximum atomic E-state index is 12.5. The van der Waals surface area contributed by atoms with Crippen LogP contribution in [0, 0.1) is 5.92 Å². The fraction of sp³-hybridized carbons (Fsp3) is 0.833. The van der Waals surface area contributed by atoms with Crippen LogP contribution in [0.4, 0.5) is 0 Å². The molecule has 9 heteroatoms. The number of aliphatic carboxylic acids is 1. The van der Waals surface area contributed by atoms with Gasteiger partial charge in [-0.25, -0.2) is 0 Å². The molecule has 21 heavy (non-hydrogen) atoms. The first kappa shape index (κ1) is 16.2. The van der Waals surface area contributed by atoms with Gasteiger partial charge in [0.25, 0.3) is 10.2 Å². The number of nitrogens with zero attached hydrogens (tertiary/aromatic N) is 3. The monoisotopic (exact) mass is 319 g/mol. The van der Waals surface area contributed by atoms with Gasteiger partial charge in [-0.05, 0) is 12.8 Å². The van der Waals surface area contributed by atoms with Crippen LogP contribution in [-0.4, -0.2) is 78.2 Å². The zero-order valence-corrected chi connectivity index (χ0v) is 12.9. The van der Waals surface area contributed by atoms with Crippen molar-refractivity contribution in [1.29, 1.82) is 0 Å². The van der Waals surface area contributed by atoms with Gasteiger partial charge in [0, 0.05) is 46.2 Å². The summed E-state index contributed by atoms with van der Waals surface area (Å²) in [5.74, 6) is -1.36. The van der Waals surface area contributed by atoms with Crippen LogP contribution in [0.15, 0.2) is 0 Å². The summed E-state index contributed by atoms with van der Waals surface area (Å²) in [4.78, 5) is 23.8. The molecule has 0 spiro atoms. The summed E-state index contributed by atoms with van der Waals surface area (Å²) in [6.07, 6.45) is 0.698. The van der Waals surface area contributed by atoms with E-state index in [2.05, 4.69) is 0 Å². The molecule has 0 aromatic rings. The first-order valence-corrected chi connectivity index (χ1v) is 8.45. The third kappa shape index (κ3) is 3.53. The van der Waals surface area contributed by atoms with Gasteiger partial charge in [0.2, 0.25) is 5.91 Å². The minimum absolute atomic E-state index is 0.0469. The molecule has 120 valence electrons. The van der Waals surface area contributed by atoms with Crippen molar-refractivity contribution in [1.82, 2.24) is 13.5 Å². The molecule has 0 atom stereocenters. The molecule has 2 heterocycles. The Morgan fingerprint density at radius 1 is 0.952 bits per heavy atom. The molecule has 0 bridgehead atoms. The topological polar surface area (TPSA) is 98.2 Å². The number of carbonyl (C=O) groups is 2. The molecule has 0 aromatic heterocycles. The van der Waals surface area contributed by atoms with Crippen LogP contribution in [0.3, 0.4) is 0 Å². The molecule has 0 aliphatic carbocycles. The second kappa shape index (κ2) is 6.29. The summed E-state index contributed by atoms with van der Waals surface area (Å²) in [6, 6.07) is 0. The molecule has 0 radical (unpaired) electrons. The summed E-state index contributed by atoms with van der Waals surface area (Å²) in [5, 5.41) is 8.94. The number of hydrogen-bond donors (Lipinski definition) is 1. The molecule has 1 amide bonds. The van der Waals surface area contributed by atoms with E-state index in [-0.39, 0.29) is 19.0 Å². The van der Waals surface area contributed by atoms with Crippen LogP contribution in [-0.2, 0) is 19.8 Å². The average molecular weight is 319 g/mol. The SMILES string of the molecule is CC(=O)N1CCN(S(=O)(=O)N2CCC(C(=O)O)CC2)CC1. The van der Waals surface area contributed by atoms with Crippen LogP contribution in [0.5, 0.6) is 0 Å². The van der Waals surface area contributed by atoms with Crippen molar-refractivity contribution in [2.45, 2.75) is 19.8 Å². The van der Waals surface area contributed by atoms with E-state index < -0.39 is 22.1 Å². The smallest absolute Gasteiger partial charge is 0.306 e. The van der Waals surface area contributed by atoms with Gasteiger partial charge in [0.05, 0.1) is 5.92 Å². The quantitative estimate of drug-likeness (QED) is 0.734. The molecule has 2 aliphatic rings. The van der Waals surface area contributed by atoms with E-state index in [1.165, 1.54) is 15.5 Å². The number of hydrogen-bond acceptors (Lipinski definition) is 4. The van der Waals surface area contributed by atoms with Crippen LogP contribution < -0.4 is 0 Å². The third-order valence-electron chi connectivity index (χ3n) is 4.14. The largest absolute Gasteiger partial charge is 0.481 e. The molecule has 1 N–H and O–H groups in total. The number of carboxylic acids is 1. The van der Waals surface area contributed by atoms with E-state index in [0.29, 0.717) is 39.0 Å². The lowest BCUT2D eigenvalue weighted by atomic mass is 9.99. The van der Waals surface area contributed by atoms with Crippen molar-refractivity contribution in [3.8, 4) is 0 Å². The second-order valence-corrected chi connectivity index (χ2v) is 7.35. The Bertz CT molecular complexity index is 465. The van der Waals surface area contributed by atoms with E-state index in [1.54, 1.807) is 4.90 Å². The number of piperidine rings is 1. The van der Waals surface area contributed by atoms with Gasteiger partial charge in [-0.3, -0.25) is 9.59 Å². The van der Waals surface area contributed by atoms with Gasteiger partial charge in [-0.15, -0.1) is 0 Å². The van der Waals surface area contributed by atoms with E-state index in [1.807, 2.05) is 0 Å². The van der Waals surface area contributed by atoms with E-state index in [4.69, 9.17) is 5.11 Å². The highest BCUT2D eigenvalue weighted by Gasteiger charge is 2.36. The average Bonchev–Trinajstić information content (AvgIpc) is 2.47. The standard InChI is InChI=1S/C12H21N3O5S/c1-10(16)13-6-8-15(9-7-13)21(19,20)14-4-2-11(3-5-14)12(17)18/h11H,2-9H2,1H3,(H,17,18). The minimum atomic E-state index is -3.55. The van der Waals surface area contributed by atoms with E-state index in [0.717, 1.165) is 0 Å². The summed E-state index contributed by atoms with van der Waals surface area (Å²) < 4.78 is 27.7. The predicted octanol–water partition coefficient (Wildman–Crippen LogP) is -0.808. The normalized spacial score (nSPS) is 23.2. The molecule has 0 unspecified atom stereocenters. The van der Waals surface area contributed by atoms with Gasteiger partial charge >= 0.3 is 5.97 Å². The Morgan fingerprint density at radius 3 is 1.86 bits per heavy atom. The number of amides is 1. The lowest BCUT2D eigenvalue weighted by Gasteiger charge is -2.38. The highest BCUT2D eigenvalue weighted by Crippen LogP contribution is 2.22. The Morgan fingerprint density at radius 2 is 1.43 bits per heavy atom. The first-order chi connectivity index (χ1) is 9.82. The molecule has 0 aromatic carbocycles. The van der Waals surface area contributed by atoms with Crippen LogP contribution >= 0.6 is 0 Å². The number of carboxylic acid groups (broad SMARTS) is 1. The van der Waals surface area contributed by atoms with Gasteiger partial charge in [0.15, 0.2) is 0 Å². The predicted molar refractivity (Wildman–Crippen MR) is 74.7 cm³/mol. The number of carbonyl (C=O) groups excluding carboxylic acids is 1. The van der Waals surface area contributed by atoms with Crippen LogP contribution in [0.25, 0.3) is 0 Å². The molecule has 2 fully saturated rings. The fourth-order valence-corrected chi connectivity index (χ4v) is 4.35.